The Kier molecular flexibility index (Phi) is 8.01. The molecule has 45 heavy (non-hydrogen) atoms. The van der Waals surface area contributed by atoms with Crippen molar-refractivity contribution in [3.63, 3.8) is 0 Å². The van der Waals surface area contributed by atoms with Crippen LogP contribution in [0.25, 0.3) is 11.3 Å². The van der Waals surface area contributed by atoms with Crippen LogP contribution in [0.5, 0.6) is 5.75 Å². The minimum Gasteiger partial charge on any atom is -0.508 e. The molecule has 0 spiro atoms. The lowest BCUT2D eigenvalue weighted by atomic mass is 9.94. The number of carbonyl (C=O) groups is 4. The molecule has 0 bridgehead atoms. The van der Waals surface area contributed by atoms with Crippen LogP contribution in [0.2, 0.25) is 0 Å². The fourth-order valence-electron chi connectivity index (χ4n) is 5.44. The van der Waals surface area contributed by atoms with Gasteiger partial charge in [-0.05, 0) is 61.4 Å². The second kappa shape index (κ2) is 11.4. The first kappa shape index (κ1) is 31.7. The maximum absolute atomic E-state index is 14.0. The van der Waals surface area contributed by atoms with Gasteiger partial charge in [-0.2, -0.15) is 0 Å². The molecule has 236 valence electrons. The Labute approximate surface area is 261 Å². The van der Waals surface area contributed by atoms with Crippen molar-refractivity contribution in [3.8, 4) is 17.0 Å². The summed E-state index contributed by atoms with van der Waals surface area (Å²) in [5, 5.41) is 18.6. The average molecular weight is 656 g/mol. The van der Waals surface area contributed by atoms with E-state index in [0.29, 0.717) is 16.2 Å². The van der Waals surface area contributed by atoms with Crippen molar-refractivity contribution in [3.05, 3.63) is 82.1 Å². The van der Waals surface area contributed by atoms with E-state index in [1.165, 1.54) is 48.5 Å². The summed E-state index contributed by atoms with van der Waals surface area (Å²) in [6.45, 7) is 3.28. The van der Waals surface area contributed by atoms with Gasteiger partial charge in [0.1, 0.15) is 34.8 Å². The predicted octanol–water partition coefficient (Wildman–Crippen LogP) is 1.30. The summed E-state index contributed by atoms with van der Waals surface area (Å²) < 4.78 is 24.3. The molecule has 3 amide bonds. The molecule has 0 saturated carbocycles. The standard InChI is InChI=1S/C29H29N5O9S2/c1-29(2)22(28(40)41)34-26(39)21(27(34)44-29)33(25(38)20(30)15-6-10-17(35)11-7-15)24(37)18-12-13-19(31-23(18)36)14-4-8-16(9-5-14)32-45(3,42)43/h4-13,20-22,27,32,35H,30H2,1-3H3,(H,31,36)(H,40,41)/t20?,21-,22+,27-/m1/s1. The van der Waals surface area contributed by atoms with Gasteiger partial charge in [-0.1, -0.05) is 24.3 Å². The highest BCUT2D eigenvalue weighted by Gasteiger charge is 2.66. The first-order valence-corrected chi connectivity index (χ1v) is 16.2. The highest BCUT2D eigenvalue weighted by Crippen LogP contribution is 2.52. The molecule has 2 aromatic carbocycles. The number of aromatic hydroxyl groups is 1. The number of fused-ring (bicyclic) bond motifs is 1. The molecule has 0 radical (unpaired) electrons. The molecule has 2 fully saturated rings. The van der Waals surface area contributed by atoms with Gasteiger partial charge in [-0.3, -0.25) is 28.8 Å². The number of carboxylic acids is 1. The maximum Gasteiger partial charge on any atom is 0.327 e. The van der Waals surface area contributed by atoms with Gasteiger partial charge in [0.2, 0.25) is 10.0 Å². The third kappa shape index (κ3) is 5.91. The number of pyridine rings is 1. The number of imide groups is 1. The lowest BCUT2D eigenvalue weighted by molar-refractivity contribution is -0.166. The first-order chi connectivity index (χ1) is 21.0. The maximum atomic E-state index is 14.0. The summed E-state index contributed by atoms with van der Waals surface area (Å²) in [5.74, 6) is -4.21. The Morgan fingerprint density at radius 1 is 1.04 bits per heavy atom. The van der Waals surface area contributed by atoms with Gasteiger partial charge in [0.25, 0.3) is 23.3 Å². The highest BCUT2D eigenvalue weighted by molar-refractivity contribution is 8.01. The van der Waals surface area contributed by atoms with Crippen molar-refractivity contribution in [1.29, 1.82) is 0 Å². The lowest BCUT2D eigenvalue weighted by Crippen LogP contribution is -2.72. The number of aromatic nitrogens is 1. The Bertz CT molecular complexity index is 1870. The summed E-state index contributed by atoms with van der Waals surface area (Å²) in [5.41, 5.74) is 6.19. The molecular weight excluding hydrogens is 626 g/mol. The number of carboxylic acid groups (broad SMARTS) is 1. The summed E-state index contributed by atoms with van der Waals surface area (Å²) in [4.78, 5) is 71.0. The largest absolute Gasteiger partial charge is 0.508 e. The van der Waals surface area contributed by atoms with E-state index in [1.54, 1.807) is 26.0 Å². The SMILES string of the molecule is CC1(C)S[C@@H]2[C@H](N(C(=O)c3ccc(-c4ccc(NS(C)(=O)=O)cc4)[nH]c3=O)C(=O)C(N)c3ccc(O)cc3)C(=O)N2[C@H]1C(=O)O. The Morgan fingerprint density at radius 2 is 1.67 bits per heavy atom. The van der Waals surface area contributed by atoms with Crippen LogP contribution in [0.4, 0.5) is 5.69 Å². The number of phenols is 1. The zero-order chi connectivity index (χ0) is 33.0. The van der Waals surface area contributed by atoms with Gasteiger partial charge in [-0.25, -0.2) is 13.2 Å². The van der Waals surface area contributed by atoms with Crippen molar-refractivity contribution in [2.75, 3.05) is 11.0 Å². The van der Waals surface area contributed by atoms with Crippen LogP contribution in [-0.4, -0.2) is 85.6 Å². The summed E-state index contributed by atoms with van der Waals surface area (Å²) in [6.07, 6.45) is 1.01. The van der Waals surface area contributed by atoms with Gasteiger partial charge < -0.3 is 25.8 Å². The Balaban J connectivity index is 1.50. The number of aliphatic carboxylic acids is 1. The molecule has 4 atom stereocenters. The Morgan fingerprint density at radius 3 is 2.22 bits per heavy atom. The number of anilines is 1. The molecule has 16 heteroatoms. The number of rotatable bonds is 8. The minimum absolute atomic E-state index is 0.0895. The fourth-order valence-corrected chi connectivity index (χ4v) is 7.68. The molecule has 3 aromatic rings. The number of hydrogen-bond donors (Lipinski definition) is 5. The number of β-lactam (4-membered cyclic amide) rings is 1. The van der Waals surface area contributed by atoms with Crippen molar-refractivity contribution in [1.82, 2.24) is 14.8 Å². The van der Waals surface area contributed by atoms with Crippen LogP contribution in [0.15, 0.2) is 65.5 Å². The second-order valence-corrected chi connectivity index (χ2v) is 14.7. The molecule has 5 rings (SSSR count). The number of sulfonamides is 1. The molecule has 0 aliphatic carbocycles. The monoisotopic (exact) mass is 655 g/mol. The summed E-state index contributed by atoms with van der Waals surface area (Å²) >= 11 is 1.12. The van der Waals surface area contributed by atoms with Crippen molar-refractivity contribution in [2.45, 2.75) is 42.1 Å². The molecule has 1 unspecified atom stereocenters. The summed E-state index contributed by atoms with van der Waals surface area (Å²) in [6, 6.07) is 9.90. The molecule has 2 aliphatic rings. The fraction of sp³-hybridized carbons (Fsp3) is 0.276. The highest BCUT2D eigenvalue weighted by atomic mass is 32.2. The van der Waals surface area contributed by atoms with Crippen molar-refractivity contribution < 1.29 is 37.8 Å². The third-order valence-electron chi connectivity index (χ3n) is 7.54. The topological polar surface area (TPSA) is 220 Å². The number of amides is 3. The van der Waals surface area contributed by atoms with Gasteiger partial charge in [-0.15, -0.1) is 11.8 Å². The van der Waals surface area contributed by atoms with E-state index in [2.05, 4.69) is 9.71 Å². The predicted molar refractivity (Wildman–Crippen MR) is 165 cm³/mol. The molecule has 1 aromatic heterocycles. The normalized spacial score (nSPS) is 20.9. The van der Waals surface area contributed by atoms with Crippen molar-refractivity contribution >= 4 is 51.2 Å². The number of aromatic amines is 1. The van der Waals surface area contributed by atoms with E-state index in [9.17, 15) is 42.6 Å². The van der Waals surface area contributed by atoms with E-state index in [-0.39, 0.29) is 17.0 Å². The number of nitrogens with two attached hydrogens (primary N) is 1. The van der Waals surface area contributed by atoms with Gasteiger partial charge in [0.15, 0.2) is 0 Å². The lowest BCUT2D eigenvalue weighted by Gasteiger charge is -2.47. The van der Waals surface area contributed by atoms with Gasteiger partial charge in [0, 0.05) is 16.1 Å². The first-order valence-electron chi connectivity index (χ1n) is 13.5. The van der Waals surface area contributed by atoms with Crippen LogP contribution in [-0.2, 0) is 24.4 Å². The van der Waals surface area contributed by atoms with Gasteiger partial charge in [0.05, 0.1) is 6.26 Å². The van der Waals surface area contributed by atoms with E-state index < -0.39 is 73.1 Å². The second-order valence-electron chi connectivity index (χ2n) is 11.2. The van der Waals surface area contributed by atoms with Crippen LogP contribution in [0.1, 0.15) is 35.8 Å². The summed E-state index contributed by atoms with van der Waals surface area (Å²) in [7, 11) is -3.50. The third-order valence-corrected chi connectivity index (χ3v) is 9.70. The average Bonchev–Trinajstić information content (AvgIpc) is 3.22. The van der Waals surface area contributed by atoms with Crippen LogP contribution >= 0.6 is 11.8 Å². The zero-order valence-corrected chi connectivity index (χ0v) is 25.8. The van der Waals surface area contributed by atoms with Crippen LogP contribution < -0.4 is 16.0 Å². The number of phenolic OH excluding ortho intramolecular Hbond substituents is 1. The van der Waals surface area contributed by atoms with E-state index >= 15 is 0 Å². The smallest absolute Gasteiger partial charge is 0.327 e. The number of carbonyl (C=O) groups excluding carboxylic acids is 3. The van der Waals surface area contributed by atoms with E-state index in [4.69, 9.17) is 5.73 Å². The number of benzene rings is 2. The van der Waals surface area contributed by atoms with Crippen LogP contribution in [0.3, 0.4) is 0 Å². The number of nitrogens with zero attached hydrogens (tertiary/aromatic N) is 2. The van der Waals surface area contributed by atoms with Crippen LogP contribution in [0, 0.1) is 0 Å². The molecule has 2 aliphatic heterocycles. The minimum atomic E-state index is -3.50. The van der Waals surface area contributed by atoms with E-state index in [0.717, 1.165) is 22.9 Å². The molecule has 14 nitrogen and oxygen atoms in total. The molecule has 6 N–H and O–H groups in total. The number of hydrogen-bond acceptors (Lipinski definition) is 10. The number of H-pyrrole nitrogens is 1. The van der Waals surface area contributed by atoms with Crippen molar-refractivity contribution in [2.24, 2.45) is 5.73 Å². The van der Waals surface area contributed by atoms with E-state index in [1.807, 2.05) is 0 Å². The van der Waals surface area contributed by atoms with Gasteiger partial charge >= 0.3 is 5.97 Å². The number of nitrogens with one attached hydrogen (secondary N) is 2. The Hall–Kier alpha value is -4.67. The molecular formula is C29H29N5O9S2. The quantitative estimate of drug-likeness (QED) is 0.218. The zero-order valence-electron chi connectivity index (χ0n) is 24.1. The molecule has 3 heterocycles. The molecule has 2 saturated heterocycles. The number of thioether (sulfide) groups is 1.